The van der Waals surface area contributed by atoms with E-state index in [4.69, 9.17) is 4.99 Å². The van der Waals surface area contributed by atoms with Crippen LogP contribution in [0.4, 0.5) is 5.69 Å². The summed E-state index contributed by atoms with van der Waals surface area (Å²) in [6.45, 7) is 0. The fourth-order valence-corrected chi connectivity index (χ4v) is 5.99. The number of nitro groups is 1. The monoisotopic (exact) mass is 575 g/mol. The van der Waals surface area contributed by atoms with Gasteiger partial charge in [-0.2, -0.15) is 0 Å². The largest absolute Gasteiger partial charge is 0.309 e. The highest BCUT2D eigenvalue weighted by Crippen LogP contribution is 2.38. The summed E-state index contributed by atoms with van der Waals surface area (Å²) in [4.78, 5) is 42.3. The van der Waals surface area contributed by atoms with Gasteiger partial charge in [-0.25, -0.2) is 0 Å². The van der Waals surface area contributed by atoms with Crippen LogP contribution in [-0.4, -0.2) is 27.3 Å². The maximum atomic E-state index is 13.4. The summed E-state index contributed by atoms with van der Waals surface area (Å²) < 4.78 is 2.08. The number of nitrogens with zero attached hydrogens (tertiary/aromatic N) is 3. The summed E-state index contributed by atoms with van der Waals surface area (Å²) in [7, 11) is 0. The Labute approximate surface area is 253 Å². The Balaban J connectivity index is 1.35. The Kier molecular flexibility index (Phi) is 6.75. The van der Waals surface area contributed by atoms with E-state index in [-0.39, 0.29) is 17.3 Å². The second-order valence-corrected chi connectivity index (χ2v) is 10.7. The molecule has 0 amide bonds. The van der Waals surface area contributed by atoms with Crippen LogP contribution >= 0.6 is 0 Å². The van der Waals surface area contributed by atoms with E-state index in [1.807, 2.05) is 66.7 Å². The number of rotatable bonds is 6. The molecule has 0 saturated carbocycles. The van der Waals surface area contributed by atoms with Crippen LogP contribution in [0.2, 0.25) is 0 Å². The number of Topliss-reactive ketones (excluding diaryl/α,β-unsaturated/α-hetero) is 2. The standard InChI is InChI=1S/C37H25N3O4/c41-36-30-13-7-8-14-31(30)37(42)33-22-27(15-20-32(33)36)38-23-26-21-34(24-9-3-1-4-10-24)39(35(26)25-11-5-2-6-12-25)28-16-18-29(19-17-28)40(43)44/h1-23,32-33H/t32-,33+/m0/s1. The van der Waals surface area contributed by atoms with Crippen LogP contribution in [0.25, 0.3) is 28.2 Å². The van der Waals surface area contributed by atoms with Crippen molar-refractivity contribution in [1.29, 1.82) is 0 Å². The highest BCUT2D eigenvalue weighted by atomic mass is 16.6. The zero-order valence-corrected chi connectivity index (χ0v) is 23.4. The van der Waals surface area contributed by atoms with E-state index >= 15 is 0 Å². The van der Waals surface area contributed by atoms with Crippen molar-refractivity contribution in [2.24, 2.45) is 16.8 Å². The molecular weight excluding hydrogens is 550 g/mol. The van der Waals surface area contributed by atoms with E-state index in [2.05, 4.69) is 4.57 Å². The Bertz CT molecular complexity index is 2020. The molecule has 1 aromatic heterocycles. The van der Waals surface area contributed by atoms with Gasteiger partial charge in [0.1, 0.15) is 0 Å². The number of ketones is 2. The molecule has 0 bridgehead atoms. The first-order chi connectivity index (χ1) is 21.5. The van der Waals surface area contributed by atoms with Gasteiger partial charge >= 0.3 is 0 Å². The van der Waals surface area contributed by atoms with Gasteiger partial charge < -0.3 is 4.57 Å². The van der Waals surface area contributed by atoms with Crippen molar-refractivity contribution in [2.75, 3.05) is 0 Å². The number of benzene rings is 4. The average molecular weight is 576 g/mol. The minimum absolute atomic E-state index is 0.0120. The summed E-state index contributed by atoms with van der Waals surface area (Å²) in [6, 6.07) is 35.3. The summed E-state index contributed by atoms with van der Waals surface area (Å²) in [5.74, 6) is -1.28. The molecular formula is C37H25N3O4. The molecule has 44 heavy (non-hydrogen) atoms. The molecule has 0 N–H and O–H groups in total. The van der Waals surface area contributed by atoms with Crippen LogP contribution in [0.15, 0.2) is 144 Å². The Morgan fingerprint density at radius 3 is 1.95 bits per heavy atom. The number of aliphatic imine (C=N–C) groups is 1. The number of fused-ring (bicyclic) bond motifs is 2. The van der Waals surface area contributed by atoms with Crippen LogP contribution in [0.3, 0.4) is 0 Å². The highest BCUT2D eigenvalue weighted by molar-refractivity contribution is 6.17. The summed E-state index contributed by atoms with van der Waals surface area (Å²) in [5.41, 5.74) is 6.76. The molecule has 0 unspecified atom stereocenters. The van der Waals surface area contributed by atoms with E-state index in [0.29, 0.717) is 16.8 Å². The minimum Gasteiger partial charge on any atom is -0.309 e. The molecule has 5 aromatic rings. The molecule has 7 nitrogen and oxygen atoms in total. The van der Waals surface area contributed by atoms with Gasteiger partial charge in [-0.3, -0.25) is 24.7 Å². The number of aromatic nitrogens is 1. The van der Waals surface area contributed by atoms with Crippen LogP contribution in [-0.2, 0) is 0 Å². The highest BCUT2D eigenvalue weighted by Gasteiger charge is 2.40. The molecule has 4 aromatic carbocycles. The van der Waals surface area contributed by atoms with Gasteiger partial charge in [0, 0.05) is 40.7 Å². The summed E-state index contributed by atoms with van der Waals surface area (Å²) in [6.07, 6.45) is 7.13. The summed E-state index contributed by atoms with van der Waals surface area (Å²) in [5, 5.41) is 11.4. The zero-order valence-electron chi connectivity index (χ0n) is 23.4. The molecule has 2 aliphatic carbocycles. The van der Waals surface area contributed by atoms with Crippen molar-refractivity contribution in [1.82, 2.24) is 4.57 Å². The van der Waals surface area contributed by atoms with Crippen LogP contribution in [0, 0.1) is 22.0 Å². The average Bonchev–Trinajstić information content (AvgIpc) is 3.46. The van der Waals surface area contributed by atoms with E-state index in [0.717, 1.165) is 33.8 Å². The fraction of sp³-hybridized carbons (Fsp3) is 0.0541. The fourth-order valence-electron chi connectivity index (χ4n) is 5.99. The number of nitro benzene ring substituents is 1. The molecule has 2 atom stereocenters. The van der Waals surface area contributed by atoms with Gasteiger partial charge in [0.2, 0.25) is 0 Å². The number of carbonyl (C=O) groups is 2. The Hall–Kier alpha value is -5.95. The lowest BCUT2D eigenvalue weighted by Gasteiger charge is -2.29. The molecule has 0 radical (unpaired) electrons. The van der Waals surface area contributed by atoms with Crippen molar-refractivity contribution in [3.63, 3.8) is 0 Å². The molecule has 0 saturated heterocycles. The smallest absolute Gasteiger partial charge is 0.269 e. The van der Waals surface area contributed by atoms with E-state index in [9.17, 15) is 19.7 Å². The SMILES string of the molecule is O=C1c2ccccc2C(=O)[C@@H]2C=C(N=Cc3cc(-c4ccccc4)n(-c4ccc([N+](=O)[O-])cc4)c3-c3ccccc3)C=C[C@H]12. The number of hydrogen-bond acceptors (Lipinski definition) is 5. The number of allylic oxidation sites excluding steroid dienone is 3. The van der Waals surface area contributed by atoms with Crippen LogP contribution in [0.1, 0.15) is 26.3 Å². The molecule has 0 spiro atoms. The van der Waals surface area contributed by atoms with Crippen LogP contribution in [0.5, 0.6) is 0 Å². The van der Waals surface area contributed by atoms with Gasteiger partial charge in [-0.05, 0) is 41.5 Å². The molecule has 212 valence electrons. The number of carbonyl (C=O) groups excluding carboxylic acids is 2. The van der Waals surface area contributed by atoms with Crippen LogP contribution < -0.4 is 0 Å². The lowest BCUT2D eigenvalue weighted by Crippen LogP contribution is -2.35. The second kappa shape index (κ2) is 11.0. The van der Waals surface area contributed by atoms with Gasteiger partial charge in [0.05, 0.1) is 33.8 Å². The number of non-ortho nitro benzene ring substituents is 1. The molecule has 7 heteroatoms. The quantitative estimate of drug-likeness (QED) is 0.117. The van der Waals surface area contributed by atoms with Crippen molar-refractivity contribution in [2.45, 2.75) is 0 Å². The third-order valence-corrected chi connectivity index (χ3v) is 8.09. The number of hydrogen-bond donors (Lipinski definition) is 0. The molecule has 0 aliphatic heterocycles. The zero-order chi connectivity index (χ0) is 30.2. The van der Waals surface area contributed by atoms with Gasteiger partial charge in [-0.15, -0.1) is 0 Å². The van der Waals surface area contributed by atoms with Crippen molar-refractivity contribution in [3.05, 3.63) is 166 Å². The Morgan fingerprint density at radius 2 is 1.32 bits per heavy atom. The third kappa shape index (κ3) is 4.70. The lowest BCUT2D eigenvalue weighted by atomic mass is 9.72. The first kappa shape index (κ1) is 26.9. The summed E-state index contributed by atoms with van der Waals surface area (Å²) >= 11 is 0. The van der Waals surface area contributed by atoms with Gasteiger partial charge in [0.25, 0.3) is 5.69 Å². The third-order valence-electron chi connectivity index (χ3n) is 8.09. The van der Waals surface area contributed by atoms with Crippen molar-refractivity contribution < 1.29 is 14.5 Å². The maximum absolute atomic E-state index is 13.4. The molecule has 2 aliphatic rings. The Morgan fingerprint density at radius 1 is 0.727 bits per heavy atom. The van der Waals surface area contributed by atoms with Gasteiger partial charge in [-0.1, -0.05) is 91.0 Å². The van der Waals surface area contributed by atoms with E-state index < -0.39 is 16.8 Å². The predicted octanol–water partition coefficient (Wildman–Crippen LogP) is 7.90. The first-order valence-corrected chi connectivity index (χ1v) is 14.2. The minimum atomic E-state index is -0.604. The van der Waals surface area contributed by atoms with E-state index in [1.54, 1.807) is 60.8 Å². The predicted molar refractivity (Wildman–Crippen MR) is 170 cm³/mol. The maximum Gasteiger partial charge on any atom is 0.269 e. The molecule has 1 heterocycles. The normalized spacial score (nSPS) is 17.3. The molecule has 0 fully saturated rings. The van der Waals surface area contributed by atoms with Gasteiger partial charge in [0.15, 0.2) is 11.6 Å². The molecule has 7 rings (SSSR count). The van der Waals surface area contributed by atoms with Crippen molar-refractivity contribution in [3.8, 4) is 28.2 Å². The van der Waals surface area contributed by atoms with E-state index in [1.165, 1.54) is 12.1 Å². The first-order valence-electron chi connectivity index (χ1n) is 14.2. The second-order valence-electron chi connectivity index (χ2n) is 10.7. The van der Waals surface area contributed by atoms with Crippen molar-refractivity contribution >= 4 is 23.5 Å². The topological polar surface area (TPSA) is 94.6 Å². The lowest BCUT2D eigenvalue weighted by molar-refractivity contribution is -0.384.